The van der Waals surface area contributed by atoms with E-state index in [9.17, 15) is 26.7 Å². The SMILES string of the molecule is CC(C)CN(c1ccc(-c2ccccc2-c2nnn[nH]2)cc1NC(=O)Nc1ccc(OC(F)(F)F)cc1)C1CCC(F)(F)CC1. The summed E-state index contributed by atoms with van der Waals surface area (Å²) in [6.45, 7) is 4.63. The molecule has 0 unspecified atom stereocenters. The minimum absolute atomic E-state index is 0.171. The molecule has 238 valence electrons. The maximum Gasteiger partial charge on any atom is 0.573 e. The molecular formula is C31H32F5N7O2. The van der Waals surface area contributed by atoms with Crippen LogP contribution in [0.1, 0.15) is 39.5 Å². The number of amides is 2. The number of hydrogen-bond acceptors (Lipinski definition) is 6. The third kappa shape index (κ3) is 8.25. The molecule has 0 saturated heterocycles. The summed E-state index contributed by atoms with van der Waals surface area (Å²) in [5, 5.41) is 19.7. The number of ether oxygens (including phenoxy) is 1. The number of alkyl halides is 5. The first-order chi connectivity index (χ1) is 21.4. The molecule has 1 aliphatic carbocycles. The monoisotopic (exact) mass is 629 g/mol. The summed E-state index contributed by atoms with van der Waals surface area (Å²) in [5.41, 5.74) is 3.54. The molecule has 0 radical (unpaired) electrons. The van der Waals surface area contributed by atoms with Gasteiger partial charge in [-0.15, -0.1) is 18.3 Å². The lowest BCUT2D eigenvalue weighted by atomic mass is 9.90. The van der Waals surface area contributed by atoms with Crippen molar-refractivity contribution >= 4 is 23.1 Å². The molecule has 4 aromatic rings. The molecule has 0 atom stereocenters. The Morgan fingerprint density at radius 2 is 1.71 bits per heavy atom. The van der Waals surface area contributed by atoms with Crippen molar-refractivity contribution in [1.29, 1.82) is 0 Å². The van der Waals surface area contributed by atoms with Crippen molar-refractivity contribution in [2.24, 2.45) is 5.92 Å². The second-order valence-corrected chi connectivity index (χ2v) is 11.3. The first-order valence-electron chi connectivity index (χ1n) is 14.4. The molecule has 9 nitrogen and oxygen atoms in total. The van der Waals surface area contributed by atoms with Gasteiger partial charge in [0.05, 0.1) is 11.4 Å². The van der Waals surface area contributed by atoms with Crippen LogP contribution < -0.4 is 20.3 Å². The Morgan fingerprint density at radius 1 is 1.02 bits per heavy atom. The summed E-state index contributed by atoms with van der Waals surface area (Å²) < 4.78 is 69.8. The molecule has 1 aliphatic rings. The molecule has 1 heterocycles. The summed E-state index contributed by atoms with van der Waals surface area (Å²) in [5.74, 6) is -2.49. The molecular weight excluding hydrogens is 597 g/mol. The highest BCUT2D eigenvalue weighted by atomic mass is 19.4. The lowest BCUT2D eigenvalue weighted by Crippen LogP contribution is -2.43. The van der Waals surface area contributed by atoms with Gasteiger partial charge in [-0.3, -0.25) is 0 Å². The third-order valence-electron chi connectivity index (χ3n) is 7.43. The van der Waals surface area contributed by atoms with E-state index in [0.717, 1.165) is 28.8 Å². The van der Waals surface area contributed by atoms with Crippen molar-refractivity contribution in [3.63, 3.8) is 0 Å². The number of H-pyrrole nitrogens is 1. The number of nitrogens with one attached hydrogen (secondary N) is 3. The van der Waals surface area contributed by atoms with Crippen molar-refractivity contribution in [2.75, 3.05) is 22.1 Å². The maximum atomic E-state index is 14.1. The van der Waals surface area contributed by atoms with Gasteiger partial charge in [-0.05, 0) is 76.7 Å². The Morgan fingerprint density at radius 3 is 2.33 bits per heavy atom. The van der Waals surface area contributed by atoms with E-state index in [0.29, 0.717) is 36.6 Å². The number of anilines is 3. The van der Waals surface area contributed by atoms with E-state index in [1.54, 1.807) is 6.07 Å². The van der Waals surface area contributed by atoms with Crippen LogP contribution in [0.4, 0.5) is 43.8 Å². The molecule has 14 heteroatoms. The standard InChI is InChI=1S/C31H32F5N7O2/c1-19(2)18-43(22-13-15-30(32,33)16-14-22)27-12-7-20(24-5-3-4-6-25(24)28-39-41-42-40-28)17-26(27)38-29(44)37-21-8-10-23(11-9-21)45-31(34,35)36/h3-12,17,19,22H,13-16,18H2,1-2H3,(H2,37,38,44)(H,39,40,41,42). The van der Waals surface area contributed by atoms with Crippen molar-refractivity contribution in [3.05, 3.63) is 66.7 Å². The number of carbonyl (C=O) groups is 1. The van der Waals surface area contributed by atoms with Gasteiger partial charge < -0.3 is 20.3 Å². The maximum absolute atomic E-state index is 14.1. The van der Waals surface area contributed by atoms with Crippen LogP contribution in [0.25, 0.3) is 22.5 Å². The predicted octanol–water partition coefficient (Wildman–Crippen LogP) is 8.12. The van der Waals surface area contributed by atoms with Gasteiger partial charge in [-0.2, -0.15) is 0 Å². The van der Waals surface area contributed by atoms with Gasteiger partial charge >= 0.3 is 12.4 Å². The summed E-state index contributed by atoms with van der Waals surface area (Å²) in [7, 11) is 0. The Hall–Kier alpha value is -4.75. The van der Waals surface area contributed by atoms with E-state index >= 15 is 0 Å². The van der Waals surface area contributed by atoms with Crippen LogP contribution in [0.15, 0.2) is 66.7 Å². The van der Waals surface area contributed by atoms with Gasteiger partial charge in [-0.25, -0.2) is 18.7 Å². The summed E-state index contributed by atoms with van der Waals surface area (Å²) in [6.07, 6.45) is -4.70. The molecule has 45 heavy (non-hydrogen) atoms. The Labute approximate surface area is 256 Å². The molecule has 0 bridgehead atoms. The fourth-order valence-corrected chi connectivity index (χ4v) is 5.47. The van der Waals surface area contributed by atoms with Crippen LogP contribution >= 0.6 is 0 Å². The Balaban J connectivity index is 1.49. The highest BCUT2D eigenvalue weighted by Gasteiger charge is 2.37. The normalized spacial score (nSPS) is 15.1. The number of rotatable bonds is 9. The van der Waals surface area contributed by atoms with Gasteiger partial charge in [0.25, 0.3) is 0 Å². The van der Waals surface area contributed by atoms with Gasteiger partial charge in [0.2, 0.25) is 5.92 Å². The predicted molar refractivity (Wildman–Crippen MR) is 160 cm³/mol. The second kappa shape index (κ2) is 13.1. The van der Waals surface area contributed by atoms with Gasteiger partial charge in [0.1, 0.15) is 5.75 Å². The lowest BCUT2D eigenvalue weighted by molar-refractivity contribution is -0.274. The van der Waals surface area contributed by atoms with Gasteiger partial charge in [0.15, 0.2) is 5.82 Å². The van der Waals surface area contributed by atoms with Crippen LogP contribution in [0, 0.1) is 5.92 Å². The molecule has 1 aromatic heterocycles. The number of aromatic amines is 1. The number of hydrogen-bond donors (Lipinski definition) is 3. The Bertz CT molecular complexity index is 1580. The summed E-state index contributed by atoms with van der Waals surface area (Å²) in [4.78, 5) is 15.4. The second-order valence-electron chi connectivity index (χ2n) is 11.3. The number of halogens is 5. The van der Waals surface area contributed by atoms with E-state index in [4.69, 9.17) is 0 Å². The number of nitrogens with zero attached hydrogens (tertiary/aromatic N) is 4. The number of urea groups is 1. The quantitative estimate of drug-likeness (QED) is 0.162. The first-order valence-corrected chi connectivity index (χ1v) is 14.4. The zero-order chi connectivity index (χ0) is 32.2. The average Bonchev–Trinajstić information content (AvgIpc) is 3.52. The largest absolute Gasteiger partial charge is 0.573 e. The van der Waals surface area contributed by atoms with E-state index in [-0.39, 0.29) is 30.5 Å². The van der Waals surface area contributed by atoms with Crippen molar-refractivity contribution < 1.29 is 31.5 Å². The van der Waals surface area contributed by atoms with Crippen LogP contribution in [0.3, 0.4) is 0 Å². The van der Waals surface area contributed by atoms with E-state index in [1.165, 1.54) is 12.1 Å². The fraction of sp³-hybridized carbons (Fsp3) is 0.355. The highest BCUT2D eigenvalue weighted by molar-refractivity contribution is 6.02. The van der Waals surface area contributed by atoms with Crippen LogP contribution in [0.2, 0.25) is 0 Å². The van der Waals surface area contributed by atoms with Crippen molar-refractivity contribution in [1.82, 2.24) is 20.6 Å². The molecule has 3 aromatic carbocycles. The van der Waals surface area contributed by atoms with Crippen LogP contribution in [0.5, 0.6) is 5.75 Å². The smallest absolute Gasteiger partial charge is 0.406 e. The number of benzene rings is 3. The van der Waals surface area contributed by atoms with Gasteiger partial charge in [0, 0.05) is 36.7 Å². The molecule has 1 fully saturated rings. The van der Waals surface area contributed by atoms with Crippen molar-refractivity contribution in [3.8, 4) is 28.3 Å². The minimum Gasteiger partial charge on any atom is -0.406 e. The number of aromatic nitrogens is 4. The third-order valence-corrected chi connectivity index (χ3v) is 7.43. The zero-order valence-electron chi connectivity index (χ0n) is 24.5. The van der Waals surface area contributed by atoms with E-state index < -0.39 is 24.1 Å². The van der Waals surface area contributed by atoms with E-state index in [2.05, 4.69) is 40.9 Å². The summed E-state index contributed by atoms with van der Waals surface area (Å²) in [6, 6.07) is 16.9. The molecule has 3 N–H and O–H groups in total. The molecule has 2 amide bonds. The average molecular weight is 630 g/mol. The van der Waals surface area contributed by atoms with Crippen LogP contribution in [-0.2, 0) is 0 Å². The highest BCUT2D eigenvalue weighted by Crippen LogP contribution is 2.41. The number of carbonyl (C=O) groups excluding carboxylic acids is 1. The summed E-state index contributed by atoms with van der Waals surface area (Å²) >= 11 is 0. The van der Waals surface area contributed by atoms with Gasteiger partial charge in [-0.1, -0.05) is 44.2 Å². The first kappa shape index (κ1) is 31.7. The topological polar surface area (TPSA) is 108 Å². The fourth-order valence-electron chi connectivity index (χ4n) is 5.47. The lowest BCUT2D eigenvalue weighted by Gasteiger charge is -2.40. The van der Waals surface area contributed by atoms with Crippen LogP contribution in [-0.4, -0.2) is 51.5 Å². The molecule has 5 rings (SSSR count). The molecule has 0 spiro atoms. The van der Waals surface area contributed by atoms with E-state index in [1.807, 2.05) is 50.2 Å². The Kier molecular flexibility index (Phi) is 9.21. The minimum atomic E-state index is -4.84. The zero-order valence-corrected chi connectivity index (χ0v) is 24.5. The molecule has 1 saturated carbocycles. The molecule has 0 aliphatic heterocycles. The van der Waals surface area contributed by atoms with Crippen molar-refractivity contribution in [2.45, 2.75) is 57.9 Å². The number of tetrazole rings is 1.